The smallest absolute Gasteiger partial charge is 0.270 e. The van der Waals surface area contributed by atoms with Gasteiger partial charge in [-0.1, -0.05) is 0 Å². The molecule has 104 valence electrons. The van der Waals surface area contributed by atoms with Crippen molar-refractivity contribution in [1.29, 1.82) is 0 Å². The van der Waals surface area contributed by atoms with E-state index in [0.29, 0.717) is 12.0 Å². The second kappa shape index (κ2) is 5.37. The van der Waals surface area contributed by atoms with E-state index in [1.165, 1.54) is 25.7 Å². The zero-order valence-corrected chi connectivity index (χ0v) is 11.6. The van der Waals surface area contributed by atoms with Crippen LogP contribution in [0.3, 0.4) is 0 Å². The topological polar surface area (TPSA) is 37.3 Å². The number of nitrogens with zero attached hydrogens (tertiary/aromatic N) is 2. The third-order valence-electron chi connectivity index (χ3n) is 4.33. The number of piperidine rings is 1. The molecule has 1 saturated carbocycles. The molecule has 1 amide bonds. The Morgan fingerprint density at radius 2 is 2.11 bits per heavy atom. The van der Waals surface area contributed by atoms with Crippen LogP contribution in [0.4, 0.5) is 0 Å². The summed E-state index contributed by atoms with van der Waals surface area (Å²) in [6, 6.07) is 4.38. The number of amides is 1. The molecule has 19 heavy (non-hydrogen) atoms. The molecule has 2 fully saturated rings. The third kappa shape index (κ3) is 2.84. The van der Waals surface area contributed by atoms with Crippen LogP contribution in [-0.2, 0) is 7.05 Å². The Kier molecular flexibility index (Phi) is 3.60. The van der Waals surface area contributed by atoms with E-state index in [0.717, 1.165) is 25.3 Å². The SMILES string of the molecule is Cn1cccc1C(=O)N(CC1CCNCC1)C1CC1. The van der Waals surface area contributed by atoms with Crippen LogP contribution in [0.5, 0.6) is 0 Å². The second-order valence-corrected chi connectivity index (χ2v) is 5.89. The number of carbonyl (C=O) groups is 1. The molecule has 2 aliphatic rings. The Morgan fingerprint density at radius 1 is 1.37 bits per heavy atom. The molecule has 0 unspecified atom stereocenters. The molecule has 1 aromatic heterocycles. The summed E-state index contributed by atoms with van der Waals surface area (Å²) in [5.41, 5.74) is 0.820. The molecule has 1 aliphatic heterocycles. The number of carbonyl (C=O) groups excluding carboxylic acids is 1. The highest BCUT2D eigenvalue weighted by Gasteiger charge is 2.35. The Morgan fingerprint density at radius 3 is 2.68 bits per heavy atom. The summed E-state index contributed by atoms with van der Waals surface area (Å²) in [6.07, 6.45) is 6.71. The minimum absolute atomic E-state index is 0.216. The van der Waals surface area contributed by atoms with E-state index in [1.807, 2.05) is 29.9 Å². The minimum Gasteiger partial charge on any atom is -0.347 e. The lowest BCUT2D eigenvalue weighted by molar-refractivity contribution is 0.0692. The lowest BCUT2D eigenvalue weighted by atomic mass is 9.97. The molecular weight excluding hydrogens is 238 g/mol. The van der Waals surface area contributed by atoms with E-state index in [9.17, 15) is 4.79 Å². The van der Waals surface area contributed by atoms with Crippen molar-refractivity contribution in [2.75, 3.05) is 19.6 Å². The average Bonchev–Trinajstić information content (AvgIpc) is 3.18. The summed E-state index contributed by atoms with van der Waals surface area (Å²) < 4.78 is 1.93. The van der Waals surface area contributed by atoms with Gasteiger partial charge in [-0.15, -0.1) is 0 Å². The van der Waals surface area contributed by atoms with Crippen molar-refractivity contribution in [2.45, 2.75) is 31.7 Å². The quantitative estimate of drug-likeness (QED) is 0.894. The van der Waals surface area contributed by atoms with Gasteiger partial charge in [0.2, 0.25) is 0 Å². The molecule has 1 N–H and O–H groups in total. The molecule has 4 nitrogen and oxygen atoms in total. The van der Waals surface area contributed by atoms with Crippen LogP contribution in [0.15, 0.2) is 18.3 Å². The number of aryl methyl sites for hydroxylation is 1. The zero-order chi connectivity index (χ0) is 13.2. The molecule has 0 radical (unpaired) electrons. The van der Waals surface area contributed by atoms with Crippen LogP contribution in [0, 0.1) is 5.92 Å². The molecule has 1 aliphatic carbocycles. The first-order chi connectivity index (χ1) is 9.25. The van der Waals surface area contributed by atoms with Crippen molar-refractivity contribution in [3.63, 3.8) is 0 Å². The van der Waals surface area contributed by atoms with Crippen LogP contribution < -0.4 is 5.32 Å². The average molecular weight is 261 g/mol. The van der Waals surface area contributed by atoms with Crippen molar-refractivity contribution < 1.29 is 4.79 Å². The normalized spacial score (nSPS) is 20.5. The van der Waals surface area contributed by atoms with Gasteiger partial charge in [0.25, 0.3) is 5.91 Å². The van der Waals surface area contributed by atoms with Crippen molar-refractivity contribution in [3.05, 3.63) is 24.0 Å². The third-order valence-corrected chi connectivity index (χ3v) is 4.33. The van der Waals surface area contributed by atoms with Gasteiger partial charge < -0.3 is 14.8 Å². The fourth-order valence-electron chi connectivity index (χ4n) is 2.96. The molecule has 0 spiro atoms. The highest BCUT2D eigenvalue weighted by atomic mass is 16.2. The van der Waals surface area contributed by atoms with E-state index < -0.39 is 0 Å². The van der Waals surface area contributed by atoms with Gasteiger partial charge in [0.15, 0.2) is 0 Å². The van der Waals surface area contributed by atoms with Gasteiger partial charge in [-0.25, -0.2) is 0 Å². The maximum atomic E-state index is 12.7. The highest BCUT2D eigenvalue weighted by molar-refractivity contribution is 5.93. The van der Waals surface area contributed by atoms with Gasteiger partial charge in [0, 0.05) is 25.8 Å². The lowest BCUT2D eigenvalue weighted by Crippen LogP contribution is -2.41. The Hall–Kier alpha value is -1.29. The van der Waals surface area contributed by atoms with Crippen LogP contribution in [0.2, 0.25) is 0 Å². The number of nitrogens with one attached hydrogen (secondary N) is 1. The molecule has 0 bridgehead atoms. The fraction of sp³-hybridized carbons (Fsp3) is 0.667. The van der Waals surface area contributed by atoms with E-state index in [-0.39, 0.29) is 5.91 Å². The Labute approximate surface area is 114 Å². The summed E-state index contributed by atoms with van der Waals surface area (Å²) in [7, 11) is 1.95. The summed E-state index contributed by atoms with van der Waals surface area (Å²) in [4.78, 5) is 14.8. The van der Waals surface area contributed by atoms with Gasteiger partial charge in [-0.2, -0.15) is 0 Å². The minimum atomic E-state index is 0.216. The Balaban J connectivity index is 1.70. The summed E-state index contributed by atoms with van der Waals surface area (Å²) >= 11 is 0. The largest absolute Gasteiger partial charge is 0.347 e. The molecule has 2 heterocycles. The van der Waals surface area contributed by atoms with Crippen molar-refractivity contribution >= 4 is 5.91 Å². The number of hydrogen-bond donors (Lipinski definition) is 1. The zero-order valence-electron chi connectivity index (χ0n) is 11.6. The second-order valence-electron chi connectivity index (χ2n) is 5.89. The molecule has 1 aromatic rings. The number of rotatable bonds is 4. The fourth-order valence-corrected chi connectivity index (χ4v) is 2.96. The van der Waals surface area contributed by atoms with Crippen LogP contribution in [-0.4, -0.2) is 41.1 Å². The molecular formula is C15H23N3O. The first-order valence-corrected chi connectivity index (χ1v) is 7.38. The predicted octanol–water partition coefficient (Wildman–Crippen LogP) is 1.63. The highest BCUT2D eigenvalue weighted by Crippen LogP contribution is 2.30. The van der Waals surface area contributed by atoms with Gasteiger partial charge >= 0.3 is 0 Å². The molecule has 0 atom stereocenters. The van der Waals surface area contributed by atoms with Crippen molar-refractivity contribution in [1.82, 2.24) is 14.8 Å². The number of hydrogen-bond acceptors (Lipinski definition) is 2. The van der Waals surface area contributed by atoms with Crippen molar-refractivity contribution in [3.8, 4) is 0 Å². The molecule has 1 saturated heterocycles. The predicted molar refractivity (Wildman–Crippen MR) is 75.1 cm³/mol. The van der Waals surface area contributed by atoms with E-state index in [1.54, 1.807) is 0 Å². The summed E-state index contributed by atoms with van der Waals surface area (Å²) in [5, 5.41) is 3.39. The van der Waals surface area contributed by atoms with Crippen LogP contribution >= 0.6 is 0 Å². The van der Waals surface area contributed by atoms with Gasteiger partial charge in [0.1, 0.15) is 5.69 Å². The maximum Gasteiger partial charge on any atom is 0.270 e. The first-order valence-electron chi connectivity index (χ1n) is 7.38. The van der Waals surface area contributed by atoms with Gasteiger partial charge in [0.05, 0.1) is 0 Å². The summed E-state index contributed by atoms with van der Waals surface area (Å²) in [6.45, 7) is 3.14. The van der Waals surface area contributed by atoms with E-state index >= 15 is 0 Å². The maximum absolute atomic E-state index is 12.7. The first kappa shape index (κ1) is 12.7. The van der Waals surface area contributed by atoms with Crippen molar-refractivity contribution in [2.24, 2.45) is 13.0 Å². The monoisotopic (exact) mass is 261 g/mol. The van der Waals surface area contributed by atoms with E-state index in [4.69, 9.17) is 0 Å². The van der Waals surface area contributed by atoms with Crippen LogP contribution in [0.25, 0.3) is 0 Å². The molecule has 3 rings (SSSR count). The van der Waals surface area contributed by atoms with E-state index in [2.05, 4.69) is 10.2 Å². The van der Waals surface area contributed by atoms with Gasteiger partial charge in [-0.3, -0.25) is 4.79 Å². The standard InChI is InChI=1S/C15H23N3O/c1-17-10-2-3-14(17)15(19)18(13-4-5-13)11-12-6-8-16-9-7-12/h2-3,10,12-13,16H,4-9,11H2,1H3. The van der Waals surface area contributed by atoms with Crippen LogP contribution in [0.1, 0.15) is 36.2 Å². The lowest BCUT2D eigenvalue weighted by Gasteiger charge is -2.30. The number of aromatic nitrogens is 1. The molecule has 0 aromatic carbocycles. The Bertz CT molecular complexity index is 444. The van der Waals surface area contributed by atoms with Gasteiger partial charge in [-0.05, 0) is 56.8 Å². The molecule has 4 heteroatoms. The summed E-state index contributed by atoms with van der Waals surface area (Å²) in [5.74, 6) is 0.889.